The van der Waals surface area contributed by atoms with Crippen LogP contribution in [0.2, 0.25) is 0 Å². The number of hydrogen-bond donors (Lipinski definition) is 1. The maximum absolute atomic E-state index is 6.06. The molecule has 2 rings (SSSR count). The Kier molecular flexibility index (Phi) is 5.41. The van der Waals surface area contributed by atoms with Gasteiger partial charge in [0, 0.05) is 19.1 Å². The van der Waals surface area contributed by atoms with Crippen molar-refractivity contribution >= 4 is 0 Å². The van der Waals surface area contributed by atoms with Gasteiger partial charge in [0.25, 0.3) is 0 Å². The Labute approximate surface area is 118 Å². The highest BCUT2D eigenvalue weighted by Crippen LogP contribution is 2.29. The molecule has 1 fully saturated rings. The molecule has 1 aliphatic rings. The molecule has 1 aliphatic carbocycles. The summed E-state index contributed by atoms with van der Waals surface area (Å²) >= 11 is 0. The van der Waals surface area contributed by atoms with Gasteiger partial charge in [-0.2, -0.15) is 0 Å². The van der Waals surface area contributed by atoms with Gasteiger partial charge in [-0.05, 0) is 43.4 Å². The van der Waals surface area contributed by atoms with Gasteiger partial charge < -0.3 is 5.73 Å². The van der Waals surface area contributed by atoms with E-state index in [2.05, 4.69) is 43.1 Å². The summed E-state index contributed by atoms with van der Waals surface area (Å²) in [7, 11) is 2.24. The maximum Gasteiger partial charge on any atom is 0.0470 e. The summed E-state index contributed by atoms with van der Waals surface area (Å²) in [5.74, 6) is 0.882. The summed E-state index contributed by atoms with van der Waals surface area (Å²) in [4.78, 5) is 2.48. The molecule has 1 aromatic rings. The number of nitrogens with zero attached hydrogens (tertiary/aromatic N) is 1. The molecule has 0 radical (unpaired) electrons. The molecule has 2 nitrogen and oxygen atoms in total. The van der Waals surface area contributed by atoms with Crippen LogP contribution in [-0.2, 0) is 6.42 Å². The van der Waals surface area contributed by atoms with Gasteiger partial charge >= 0.3 is 0 Å². The second kappa shape index (κ2) is 7.06. The Morgan fingerprint density at radius 2 is 1.95 bits per heavy atom. The molecule has 2 N–H and O–H groups in total. The molecule has 0 aliphatic heterocycles. The SMILES string of the molecule is CCc1ccccc1C(CN)N(C)CC1CCCC1. The molecule has 0 heterocycles. The molecular formula is C17H28N2. The van der Waals surface area contributed by atoms with Gasteiger partial charge in [-0.3, -0.25) is 4.90 Å². The smallest absolute Gasteiger partial charge is 0.0470 e. The van der Waals surface area contributed by atoms with E-state index in [9.17, 15) is 0 Å². The minimum Gasteiger partial charge on any atom is -0.329 e. The van der Waals surface area contributed by atoms with E-state index in [1.807, 2.05) is 0 Å². The van der Waals surface area contributed by atoms with Crippen LogP contribution < -0.4 is 5.73 Å². The summed E-state index contributed by atoms with van der Waals surface area (Å²) < 4.78 is 0. The number of likely N-dealkylation sites (N-methyl/N-ethyl adjacent to an activating group) is 1. The van der Waals surface area contributed by atoms with Crippen LogP contribution in [-0.4, -0.2) is 25.0 Å². The van der Waals surface area contributed by atoms with E-state index in [1.165, 1.54) is 43.4 Å². The predicted molar refractivity (Wildman–Crippen MR) is 82.2 cm³/mol. The van der Waals surface area contributed by atoms with Crippen molar-refractivity contribution in [2.45, 2.75) is 45.1 Å². The lowest BCUT2D eigenvalue weighted by atomic mass is 9.96. The summed E-state index contributed by atoms with van der Waals surface area (Å²) in [5.41, 5.74) is 8.93. The lowest BCUT2D eigenvalue weighted by Gasteiger charge is -2.31. The number of rotatable bonds is 6. The Bertz CT molecular complexity index is 383. The number of hydrogen-bond acceptors (Lipinski definition) is 2. The average Bonchev–Trinajstić information content (AvgIpc) is 2.93. The molecule has 2 heteroatoms. The van der Waals surface area contributed by atoms with Crippen LogP contribution in [0.4, 0.5) is 0 Å². The standard InChI is InChI=1S/C17H28N2/c1-3-15-10-6-7-11-16(15)17(12-18)19(2)13-14-8-4-5-9-14/h6-7,10-11,14,17H,3-5,8-9,12-13,18H2,1-2H3. The van der Waals surface area contributed by atoms with Crippen molar-refractivity contribution < 1.29 is 0 Å². The first kappa shape index (κ1) is 14.5. The van der Waals surface area contributed by atoms with Crippen LogP contribution in [0.1, 0.15) is 49.8 Å². The third kappa shape index (κ3) is 3.58. The van der Waals surface area contributed by atoms with Crippen molar-refractivity contribution in [3.8, 4) is 0 Å². The molecule has 1 unspecified atom stereocenters. The molecule has 0 bridgehead atoms. The highest BCUT2D eigenvalue weighted by atomic mass is 15.1. The molecule has 19 heavy (non-hydrogen) atoms. The van der Waals surface area contributed by atoms with Crippen LogP contribution in [0.3, 0.4) is 0 Å². The van der Waals surface area contributed by atoms with Crippen molar-refractivity contribution in [1.29, 1.82) is 0 Å². The van der Waals surface area contributed by atoms with Crippen molar-refractivity contribution in [1.82, 2.24) is 4.90 Å². The Morgan fingerprint density at radius 3 is 2.58 bits per heavy atom. The first-order valence-corrected chi connectivity index (χ1v) is 7.74. The molecule has 106 valence electrons. The molecule has 1 saturated carbocycles. The van der Waals surface area contributed by atoms with Crippen molar-refractivity contribution in [3.63, 3.8) is 0 Å². The highest BCUT2D eigenvalue weighted by molar-refractivity contribution is 5.30. The maximum atomic E-state index is 6.06. The molecule has 0 amide bonds. The molecule has 0 spiro atoms. The van der Waals surface area contributed by atoms with E-state index in [0.29, 0.717) is 12.6 Å². The molecule has 1 atom stereocenters. The second-order valence-corrected chi connectivity index (χ2v) is 5.89. The van der Waals surface area contributed by atoms with Crippen molar-refractivity contribution in [3.05, 3.63) is 35.4 Å². The molecular weight excluding hydrogens is 232 g/mol. The monoisotopic (exact) mass is 260 g/mol. The van der Waals surface area contributed by atoms with E-state index < -0.39 is 0 Å². The van der Waals surface area contributed by atoms with E-state index in [4.69, 9.17) is 5.73 Å². The third-order valence-electron chi connectivity index (χ3n) is 4.57. The minimum absolute atomic E-state index is 0.372. The van der Waals surface area contributed by atoms with Gasteiger partial charge in [-0.1, -0.05) is 44.0 Å². The zero-order valence-corrected chi connectivity index (χ0v) is 12.4. The van der Waals surface area contributed by atoms with E-state index in [1.54, 1.807) is 0 Å². The second-order valence-electron chi connectivity index (χ2n) is 5.89. The van der Waals surface area contributed by atoms with Crippen LogP contribution in [0.5, 0.6) is 0 Å². The summed E-state index contributed by atoms with van der Waals surface area (Å²) in [6, 6.07) is 9.13. The Hall–Kier alpha value is -0.860. The van der Waals surface area contributed by atoms with Gasteiger partial charge in [-0.25, -0.2) is 0 Å². The van der Waals surface area contributed by atoms with Gasteiger partial charge in [-0.15, -0.1) is 0 Å². The van der Waals surface area contributed by atoms with E-state index >= 15 is 0 Å². The largest absolute Gasteiger partial charge is 0.329 e. The predicted octanol–water partition coefficient (Wildman–Crippen LogP) is 3.37. The summed E-state index contributed by atoms with van der Waals surface area (Å²) in [6.45, 7) is 4.13. The van der Waals surface area contributed by atoms with Crippen LogP contribution in [0, 0.1) is 5.92 Å². The number of benzene rings is 1. The number of aryl methyl sites for hydroxylation is 1. The van der Waals surface area contributed by atoms with Gasteiger partial charge in [0.05, 0.1) is 0 Å². The highest BCUT2D eigenvalue weighted by Gasteiger charge is 2.22. The summed E-state index contributed by atoms with van der Waals surface area (Å²) in [5, 5.41) is 0. The van der Waals surface area contributed by atoms with Gasteiger partial charge in [0.15, 0.2) is 0 Å². The molecule has 0 aromatic heterocycles. The lowest BCUT2D eigenvalue weighted by molar-refractivity contribution is 0.211. The fraction of sp³-hybridized carbons (Fsp3) is 0.647. The Morgan fingerprint density at radius 1 is 1.26 bits per heavy atom. The minimum atomic E-state index is 0.372. The third-order valence-corrected chi connectivity index (χ3v) is 4.57. The van der Waals surface area contributed by atoms with Gasteiger partial charge in [0.2, 0.25) is 0 Å². The fourth-order valence-electron chi connectivity index (χ4n) is 3.45. The van der Waals surface area contributed by atoms with Crippen molar-refractivity contribution in [2.24, 2.45) is 11.7 Å². The van der Waals surface area contributed by atoms with Crippen LogP contribution in [0.25, 0.3) is 0 Å². The topological polar surface area (TPSA) is 29.3 Å². The summed E-state index contributed by atoms with van der Waals surface area (Å²) in [6.07, 6.45) is 6.72. The average molecular weight is 260 g/mol. The van der Waals surface area contributed by atoms with E-state index in [-0.39, 0.29) is 0 Å². The fourth-order valence-corrected chi connectivity index (χ4v) is 3.45. The first-order chi connectivity index (χ1) is 9.26. The van der Waals surface area contributed by atoms with E-state index in [0.717, 1.165) is 12.3 Å². The van der Waals surface area contributed by atoms with Crippen molar-refractivity contribution in [2.75, 3.05) is 20.1 Å². The first-order valence-electron chi connectivity index (χ1n) is 7.74. The normalized spacial score (nSPS) is 18.1. The van der Waals surface area contributed by atoms with Crippen LogP contribution >= 0.6 is 0 Å². The molecule has 1 aromatic carbocycles. The lowest BCUT2D eigenvalue weighted by Crippen LogP contribution is -2.34. The van der Waals surface area contributed by atoms with Gasteiger partial charge in [0.1, 0.15) is 0 Å². The zero-order chi connectivity index (χ0) is 13.7. The zero-order valence-electron chi connectivity index (χ0n) is 12.4. The quantitative estimate of drug-likeness (QED) is 0.849. The van der Waals surface area contributed by atoms with Crippen LogP contribution in [0.15, 0.2) is 24.3 Å². The molecule has 0 saturated heterocycles. The Balaban J connectivity index is 2.09. The number of nitrogens with two attached hydrogens (primary N) is 1.